The van der Waals surface area contributed by atoms with Gasteiger partial charge in [0.25, 0.3) is 0 Å². The quantitative estimate of drug-likeness (QED) is 0.942. The lowest BCUT2D eigenvalue weighted by Gasteiger charge is -2.32. The molecule has 124 valence electrons. The van der Waals surface area contributed by atoms with Crippen LogP contribution >= 0.6 is 0 Å². The van der Waals surface area contributed by atoms with Crippen molar-refractivity contribution in [2.24, 2.45) is 0 Å². The van der Waals surface area contributed by atoms with Crippen LogP contribution in [-0.2, 0) is 4.79 Å². The molecule has 24 heavy (non-hydrogen) atoms. The number of amides is 1. The van der Waals surface area contributed by atoms with E-state index in [0.29, 0.717) is 12.1 Å². The Balaban J connectivity index is 1.72. The fraction of sp³-hybridized carbons (Fsp3) is 0.381. The van der Waals surface area contributed by atoms with Crippen molar-refractivity contribution in [2.75, 3.05) is 13.1 Å². The van der Waals surface area contributed by atoms with Crippen molar-refractivity contribution in [3.05, 3.63) is 71.8 Å². The van der Waals surface area contributed by atoms with Gasteiger partial charge >= 0.3 is 0 Å². The van der Waals surface area contributed by atoms with Crippen molar-refractivity contribution in [1.29, 1.82) is 0 Å². The number of hydrogen-bond acceptors (Lipinski definition) is 2. The summed E-state index contributed by atoms with van der Waals surface area (Å²) in [5.41, 5.74) is 2.18. The van der Waals surface area contributed by atoms with E-state index in [1.54, 1.807) is 0 Å². The summed E-state index contributed by atoms with van der Waals surface area (Å²) in [7, 11) is 0. The van der Waals surface area contributed by atoms with Crippen molar-refractivity contribution >= 4 is 5.91 Å². The molecule has 2 aliphatic heterocycles. The molecule has 0 radical (unpaired) electrons. The maximum atomic E-state index is 13.6. The van der Waals surface area contributed by atoms with Crippen molar-refractivity contribution in [2.45, 2.75) is 37.3 Å². The third-order valence-electron chi connectivity index (χ3n) is 5.42. The van der Waals surface area contributed by atoms with Crippen LogP contribution in [0.2, 0.25) is 0 Å². The first-order valence-corrected chi connectivity index (χ1v) is 8.97. The van der Waals surface area contributed by atoms with Gasteiger partial charge in [0.2, 0.25) is 5.91 Å². The first kappa shape index (κ1) is 15.4. The standard InChI is InChI=1S/C21H24N2O/c24-21(23-18-11-12-19(23)15-22-14-13-18)20(16-7-3-1-4-8-16)17-9-5-2-6-10-17/h1-10,18-20,22H,11-15H2. The summed E-state index contributed by atoms with van der Waals surface area (Å²) in [6, 6.07) is 21.2. The maximum absolute atomic E-state index is 13.6. The number of rotatable bonds is 3. The number of nitrogens with zero attached hydrogens (tertiary/aromatic N) is 1. The molecular formula is C21H24N2O. The van der Waals surface area contributed by atoms with Crippen LogP contribution < -0.4 is 5.32 Å². The molecule has 2 aliphatic rings. The molecule has 2 bridgehead atoms. The second-order valence-electron chi connectivity index (χ2n) is 6.88. The summed E-state index contributed by atoms with van der Waals surface area (Å²) < 4.78 is 0. The Bertz CT molecular complexity index is 632. The monoisotopic (exact) mass is 320 g/mol. The van der Waals surface area contributed by atoms with Crippen LogP contribution in [0.1, 0.15) is 36.3 Å². The van der Waals surface area contributed by atoms with Crippen molar-refractivity contribution < 1.29 is 4.79 Å². The van der Waals surface area contributed by atoms with Crippen LogP contribution in [0.4, 0.5) is 0 Å². The molecule has 1 amide bonds. The largest absolute Gasteiger partial charge is 0.335 e. The van der Waals surface area contributed by atoms with Gasteiger partial charge in [0.15, 0.2) is 0 Å². The topological polar surface area (TPSA) is 32.3 Å². The maximum Gasteiger partial charge on any atom is 0.235 e. The van der Waals surface area contributed by atoms with E-state index in [1.165, 1.54) is 0 Å². The molecule has 4 rings (SSSR count). The van der Waals surface area contributed by atoms with Crippen LogP contribution in [0.25, 0.3) is 0 Å². The van der Waals surface area contributed by atoms with Crippen LogP contribution in [0.3, 0.4) is 0 Å². The number of fused-ring (bicyclic) bond motifs is 2. The Hall–Kier alpha value is -2.13. The Kier molecular flexibility index (Phi) is 4.35. The van der Waals surface area contributed by atoms with E-state index in [2.05, 4.69) is 34.5 Å². The highest BCUT2D eigenvalue weighted by atomic mass is 16.2. The molecule has 0 saturated carbocycles. The summed E-state index contributed by atoms with van der Waals surface area (Å²) in [6.45, 7) is 1.95. The van der Waals surface area contributed by atoms with E-state index in [4.69, 9.17) is 0 Å². The molecule has 2 aromatic carbocycles. The molecular weight excluding hydrogens is 296 g/mol. The Morgan fingerprint density at radius 3 is 2.08 bits per heavy atom. The Morgan fingerprint density at radius 1 is 0.875 bits per heavy atom. The zero-order chi connectivity index (χ0) is 16.4. The highest BCUT2D eigenvalue weighted by molar-refractivity contribution is 5.88. The van der Waals surface area contributed by atoms with Gasteiger partial charge in [0.1, 0.15) is 0 Å². The minimum Gasteiger partial charge on any atom is -0.335 e. The first-order valence-electron chi connectivity index (χ1n) is 8.97. The minimum atomic E-state index is -0.200. The molecule has 2 saturated heterocycles. The fourth-order valence-corrected chi connectivity index (χ4v) is 4.26. The highest BCUT2D eigenvalue weighted by Crippen LogP contribution is 2.34. The fourth-order valence-electron chi connectivity index (χ4n) is 4.26. The normalized spacial score (nSPS) is 23.3. The number of carbonyl (C=O) groups is 1. The van der Waals surface area contributed by atoms with Gasteiger partial charge < -0.3 is 10.2 Å². The number of nitrogens with one attached hydrogen (secondary N) is 1. The number of carbonyl (C=O) groups excluding carboxylic acids is 1. The van der Waals surface area contributed by atoms with Gasteiger partial charge in [-0.25, -0.2) is 0 Å². The van der Waals surface area contributed by atoms with Crippen molar-refractivity contribution in [1.82, 2.24) is 10.2 Å². The molecule has 2 aromatic rings. The Morgan fingerprint density at radius 2 is 1.46 bits per heavy atom. The van der Waals surface area contributed by atoms with Crippen LogP contribution in [0.15, 0.2) is 60.7 Å². The molecule has 0 aromatic heterocycles. The molecule has 2 fully saturated rings. The van der Waals surface area contributed by atoms with Gasteiger partial charge in [0, 0.05) is 18.6 Å². The van der Waals surface area contributed by atoms with Gasteiger partial charge in [0.05, 0.1) is 5.92 Å². The van der Waals surface area contributed by atoms with Gasteiger partial charge in [-0.1, -0.05) is 60.7 Å². The summed E-state index contributed by atoms with van der Waals surface area (Å²) in [4.78, 5) is 15.8. The highest BCUT2D eigenvalue weighted by Gasteiger charge is 2.41. The van der Waals surface area contributed by atoms with E-state index in [0.717, 1.165) is 43.5 Å². The van der Waals surface area contributed by atoms with E-state index in [9.17, 15) is 4.79 Å². The number of benzene rings is 2. The van der Waals surface area contributed by atoms with E-state index < -0.39 is 0 Å². The van der Waals surface area contributed by atoms with E-state index in [1.807, 2.05) is 36.4 Å². The molecule has 3 heteroatoms. The van der Waals surface area contributed by atoms with Gasteiger partial charge in [-0.3, -0.25) is 4.79 Å². The van der Waals surface area contributed by atoms with E-state index in [-0.39, 0.29) is 11.8 Å². The first-order chi connectivity index (χ1) is 11.8. The predicted molar refractivity (Wildman–Crippen MR) is 95.9 cm³/mol. The molecule has 1 N–H and O–H groups in total. The molecule has 0 spiro atoms. The van der Waals surface area contributed by atoms with E-state index >= 15 is 0 Å². The molecule has 3 nitrogen and oxygen atoms in total. The van der Waals surface area contributed by atoms with Crippen LogP contribution in [-0.4, -0.2) is 36.0 Å². The second kappa shape index (κ2) is 6.78. The summed E-state index contributed by atoms with van der Waals surface area (Å²) in [5.74, 6) is 0.0669. The second-order valence-corrected chi connectivity index (χ2v) is 6.88. The molecule has 2 heterocycles. The molecule has 2 unspecified atom stereocenters. The average molecular weight is 320 g/mol. The third-order valence-corrected chi connectivity index (χ3v) is 5.42. The smallest absolute Gasteiger partial charge is 0.235 e. The Labute approximate surface area is 143 Å². The van der Waals surface area contributed by atoms with Crippen molar-refractivity contribution in [3.63, 3.8) is 0 Å². The van der Waals surface area contributed by atoms with Crippen molar-refractivity contribution in [3.8, 4) is 0 Å². The summed E-state index contributed by atoms with van der Waals surface area (Å²) in [5, 5.41) is 3.49. The molecule has 0 aliphatic carbocycles. The SMILES string of the molecule is O=C(C(c1ccccc1)c1ccccc1)N1C2CCNCC1CC2. The predicted octanol–water partition coefficient (Wildman–Crippen LogP) is 3.17. The average Bonchev–Trinajstić information content (AvgIpc) is 2.90. The van der Waals surface area contributed by atoms with Crippen LogP contribution in [0, 0.1) is 0 Å². The summed E-state index contributed by atoms with van der Waals surface area (Å²) >= 11 is 0. The van der Waals surface area contributed by atoms with Gasteiger partial charge in [-0.2, -0.15) is 0 Å². The minimum absolute atomic E-state index is 0.200. The lowest BCUT2D eigenvalue weighted by atomic mass is 9.89. The van der Waals surface area contributed by atoms with Crippen LogP contribution in [0.5, 0.6) is 0 Å². The lowest BCUT2D eigenvalue weighted by Crippen LogP contribution is -2.45. The lowest BCUT2D eigenvalue weighted by molar-refractivity contribution is -0.134. The van der Waals surface area contributed by atoms with Gasteiger partial charge in [-0.05, 0) is 36.9 Å². The summed E-state index contributed by atoms with van der Waals surface area (Å²) in [6.07, 6.45) is 3.34. The zero-order valence-electron chi connectivity index (χ0n) is 13.9. The number of hydrogen-bond donors (Lipinski definition) is 1. The van der Waals surface area contributed by atoms with Gasteiger partial charge in [-0.15, -0.1) is 0 Å². The zero-order valence-corrected chi connectivity index (χ0v) is 13.9. The third kappa shape index (κ3) is 2.84. The molecule has 2 atom stereocenters.